The Labute approximate surface area is 123 Å². The molecule has 0 aliphatic rings. The molecule has 0 atom stereocenters. The average Bonchev–Trinajstić information content (AvgIpc) is 2.43. The Morgan fingerprint density at radius 1 is 1.15 bits per heavy atom. The highest BCUT2D eigenvalue weighted by atomic mass is 32.1. The smallest absolute Gasteiger partial charge is 0.191 e. The molecule has 0 saturated heterocycles. The van der Waals surface area contributed by atoms with Crippen molar-refractivity contribution in [1.29, 1.82) is 0 Å². The van der Waals surface area contributed by atoms with Gasteiger partial charge in [-0.15, -0.1) is 0 Å². The Morgan fingerprint density at radius 2 is 1.85 bits per heavy atom. The molecule has 0 amide bonds. The van der Waals surface area contributed by atoms with E-state index in [1.807, 2.05) is 37.3 Å². The van der Waals surface area contributed by atoms with E-state index >= 15 is 0 Å². The molecule has 5 heteroatoms. The number of hydrogen-bond donors (Lipinski definition) is 3. The van der Waals surface area contributed by atoms with E-state index < -0.39 is 0 Å². The fraction of sp³-hybridized carbons (Fsp3) is 0.0667. The van der Waals surface area contributed by atoms with Crippen LogP contribution in [0.25, 0.3) is 0 Å². The summed E-state index contributed by atoms with van der Waals surface area (Å²) in [6.45, 7) is 2.02. The minimum absolute atomic E-state index is 0.176. The van der Waals surface area contributed by atoms with E-state index in [9.17, 15) is 5.11 Å². The number of aromatic hydroxyl groups is 1. The predicted molar refractivity (Wildman–Crippen MR) is 86.2 cm³/mol. The lowest BCUT2D eigenvalue weighted by molar-refractivity contribution is 0.474. The van der Waals surface area contributed by atoms with Crippen LogP contribution in [0.2, 0.25) is 0 Å². The zero-order valence-corrected chi connectivity index (χ0v) is 11.8. The summed E-state index contributed by atoms with van der Waals surface area (Å²) < 4.78 is 0. The van der Waals surface area contributed by atoms with Crippen LogP contribution < -0.4 is 10.7 Å². The fourth-order valence-electron chi connectivity index (χ4n) is 1.55. The third-order valence-electron chi connectivity index (χ3n) is 2.62. The van der Waals surface area contributed by atoms with Crippen molar-refractivity contribution in [2.24, 2.45) is 5.10 Å². The number of nitrogens with zero attached hydrogens (tertiary/aromatic N) is 1. The Balaban J connectivity index is 1.89. The van der Waals surface area contributed by atoms with Crippen LogP contribution in [0.1, 0.15) is 11.1 Å². The van der Waals surface area contributed by atoms with Gasteiger partial charge >= 0.3 is 0 Å². The van der Waals surface area contributed by atoms with Gasteiger partial charge in [0, 0.05) is 11.3 Å². The maximum Gasteiger partial charge on any atom is 0.191 e. The first-order valence-electron chi connectivity index (χ1n) is 6.10. The number of thiocarbonyl (C=S) groups is 1. The minimum atomic E-state index is 0.176. The molecule has 0 aliphatic carbocycles. The van der Waals surface area contributed by atoms with Gasteiger partial charge in [-0.2, -0.15) is 5.10 Å². The Bertz CT molecular complexity index is 623. The van der Waals surface area contributed by atoms with Crippen LogP contribution in [0.15, 0.2) is 53.6 Å². The van der Waals surface area contributed by atoms with Crippen LogP contribution in [0.5, 0.6) is 5.75 Å². The van der Waals surface area contributed by atoms with Gasteiger partial charge in [-0.1, -0.05) is 29.8 Å². The highest BCUT2D eigenvalue weighted by Crippen LogP contribution is 2.12. The van der Waals surface area contributed by atoms with Crippen LogP contribution in [0.3, 0.4) is 0 Å². The van der Waals surface area contributed by atoms with Gasteiger partial charge < -0.3 is 10.4 Å². The summed E-state index contributed by atoms with van der Waals surface area (Å²) in [5, 5.41) is 17.0. The third kappa shape index (κ3) is 4.07. The molecule has 0 heterocycles. The molecule has 2 aromatic rings. The molecule has 0 fully saturated rings. The summed E-state index contributed by atoms with van der Waals surface area (Å²) in [7, 11) is 0. The summed E-state index contributed by atoms with van der Waals surface area (Å²) in [5.74, 6) is 0.176. The second-order valence-corrected chi connectivity index (χ2v) is 4.66. The Morgan fingerprint density at radius 3 is 2.55 bits per heavy atom. The second-order valence-electron chi connectivity index (χ2n) is 4.25. The highest BCUT2D eigenvalue weighted by molar-refractivity contribution is 7.80. The van der Waals surface area contributed by atoms with Crippen molar-refractivity contribution in [2.75, 3.05) is 5.32 Å². The van der Waals surface area contributed by atoms with Gasteiger partial charge in [0.25, 0.3) is 0 Å². The number of anilines is 1. The molecule has 0 aliphatic heterocycles. The number of hydrogen-bond acceptors (Lipinski definition) is 3. The van der Waals surface area contributed by atoms with Crippen LogP contribution in [-0.2, 0) is 0 Å². The van der Waals surface area contributed by atoms with Crippen molar-refractivity contribution >= 4 is 29.2 Å². The first-order valence-corrected chi connectivity index (χ1v) is 6.51. The molecule has 2 rings (SSSR count). The average molecular weight is 285 g/mol. The van der Waals surface area contributed by atoms with Gasteiger partial charge in [0.1, 0.15) is 5.75 Å². The molecule has 2 aromatic carbocycles. The maximum absolute atomic E-state index is 9.57. The number of hydrazone groups is 1. The normalized spacial score (nSPS) is 10.4. The molecule has 0 unspecified atom stereocenters. The van der Waals surface area contributed by atoms with Crippen molar-refractivity contribution < 1.29 is 5.11 Å². The number of aryl methyl sites for hydroxylation is 1. The maximum atomic E-state index is 9.57. The van der Waals surface area contributed by atoms with E-state index in [0.29, 0.717) is 10.7 Å². The Kier molecular flexibility index (Phi) is 4.68. The molecular weight excluding hydrogens is 270 g/mol. The molecule has 0 bridgehead atoms. The molecule has 102 valence electrons. The number of benzene rings is 2. The van der Waals surface area contributed by atoms with Gasteiger partial charge in [0.2, 0.25) is 0 Å². The van der Waals surface area contributed by atoms with Gasteiger partial charge in [0.05, 0.1) is 6.21 Å². The summed E-state index contributed by atoms with van der Waals surface area (Å²) >= 11 is 5.12. The molecule has 0 spiro atoms. The van der Waals surface area contributed by atoms with Crippen molar-refractivity contribution in [3.8, 4) is 5.75 Å². The Hall–Kier alpha value is -2.40. The van der Waals surface area contributed by atoms with Crippen molar-refractivity contribution in [3.63, 3.8) is 0 Å². The summed E-state index contributed by atoms with van der Waals surface area (Å²) in [6.07, 6.45) is 1.51. The minimum Gasteiger partial charge on any atom is -0.507 e. The van der Waals surface area contributed by atoms with E-state index in [4.69, 9.17) is 12.2 Å². The number of para-hydroxylation sites is 1. The molecule has 0 aromatic heterocycles. The predicted octanol–water partition coefficient (Wildman–Crippen LogP) is 3.02. The standard InChI is InChI=1S/C15H15N3OS/c1-11-6-8-13(9-7-11)17-15(20)18-16-10-12-4-2-3-5-14(12)19/h2-10,19H,1H3,(H2,17,18,20)/b16-10+. The van der Waals surface area contributed by atoms with E-state index in [-0.39, 0.29) is 5.75 Å². The van der Waals surface area contributed by atoms with Gasteiger partial charge in [0.15, 0.2) is 5.11 Å². The highest BCUT2D eigenvalue weighted by Gasteiger charge is 1.97. The SMILES string of the molecule is Cc1ccc(NC(=S)N/N=C/c2ccccc2O)cc1. The van der Waals surface area contributed by atoms with Crippen molar-refractivity contribution in [1.82, 2.24) is 5.43 Å². The lowest BCUT2D eigenvalue weighted by Crippen LogP contribution is -2.23. The van der Waals surface area contributed by atoms with Crippen molar-refractivity contribution in [3.05, 3.63) is 59.7 Å². The van der Waals surface area contributed by atoms with Crippen LogP contribution >= 0.6 is 12.2 Å². The van der Waals surface area contributed by atoms with E-state index in [1.165, 1.54) is 11.8 Å². The lowest BCUT2D eigenvalue weighted by atomic mass is 10.2. The number of rotatable bonds is 3. The quantitative estimate of drug-likeness (QED) is 0.461. The first-order chi connectivity index (χ1) is 9.65. The molecule has 20 heavy (non-hydrogen) atoms. The van der Waals surface area contributed by atoms with Crippen molar-refractivity contribution in [2.45, 2.75) is 6.92 Å². The van der Waals surface area contributed by atoms with E-state index in [2.05, 4.69) is 15.8 Å². The third-order valence-corrected chi connectivity index (χ3v) is 2.81. The van der Waals surface area contributed by atoms with Gasteiger partial charge in [-0.3, -0.25) is 5.43 Å². The largest absolute Gasteiger partial charge is 0.507 e. The monoisotopic (exact) mass is 285 g/mol. The molecule has 0 saturated carbocycles. The van der Waals surface area contributed by atoms with E-state index in [0.717, 1.165) is 5.69 Å². The van der Waals surface area contributed by atoms with Crippen LogP contribution in [0, 0.1) is 6.92 Å². The first kappa shape index (κ1) is 14.0. The topological polar surface area (TPSA) is 56.7 Å². The second kappa shape index (κ2) is 6.68. The fourth-order valence-corrected chi connectivity index (χ4v) is 1.72. The summed E-state index contributed by atoms with van der Waals surface area (Å²) in [6, 6.07) is 14.8. The van der Waals surface area contributed by atoms with Crippen LogP contribution in [0.4, 0.5) is 5.69 Å². The van der Waals surface area contributed by atoms with Crippen LogP contribution in [-0.4, -0.2) is 16.4 Å². The van der Waals surface area contributed by atoms with Gasteiger partial charge in [-0.25, -0.2) is 0 Å². The zero-order chi connectivity index (χ0) is 14.4. The number of phenolic OH excluding ortho intramolecular Hbond substituents is 1. The van der Waals surface area contributed by atoms with E-state index in [1.54, 1.807) is 18.2 Å². The molecule has 4 nitrogen and oxygen atoms in total. The zero-order valence-electron chi connectivity index (χ0n) is 11.0. The number of phenols is 1. The summed E-state index contributed by atoms with van der Waals surface area (Å²) in [5.41, 5.74) is 5.40. The molecule has 0 radical (unpaired) electrons. The number of nitrogens with one attached hydrogen (secondary N) is 2. The van der Waals surface area contributed by atoms with Gasteiger partial charge in [-0.05, 0) is 43.4 Å². The molecular formula is C15H15N3OS. The lowest BCUT2D eigenvalue weighted by Gasteiger charge is -2.07. The molecule has 3 N–H and O–H groups in total. The summed E-state index contributed by atoms with van der Waals surface area (Å²) in [4.78, 5) is 0.